The predicted molar refractivity (Wildman–Crippen MR) is 97.9 cm³/mol. The fourth-order valence-electron chi connectivity index (χ4n) is 1.79. The molecule has 6 heteroatoms. The van der Waals surface area contributed by atoms with Crippen molar-refractivity contribution in [3.8, 4) is 5.75 Å². The third-order valence-electron chi connectivity index (χ3n) is 2.93. The van der Waals surface area contributed by atoms with E-state index in [-0.39, 0.29) is 18.8 Å². The van der Waals surface area contributed by atoms with E-state index in [0.29, 0.717) is 5.56 Å². The van der Waals surface area contributed by atoms with Gasteiger partial charge in [0.1, 0.15) is 0 Å². The third-order valence-corrected chi connectivity index (χ3v) is 4.10. The van der Waals surface area contributed by atoms with Gasteiger partial charge in [-0.25, -0.2) is 0 Å². The van der Waals surface area contributed by atoms with E-state index in [1.165, 1.54) is 6.08 Å². The number of rotatable bonds is 8. The van der Waals surface area contributed by atoms with Gasteiger partial charge in [0, 0.05) is 0 Å². The van der Waals surface area contributed by atoms with Gasteiger partial charge in [-0.2, -0.15) is 0 Å². The predicted octanol–water partition coefficient (Wildman–Crippen LogP) is 3.18. The molecule has 0 atom stereocenters. The summed E-state index contributed by atoms with van der Waals surface area (Å²) in [5.41, 5.74) is 0.588. The van der Waals surface area contributed by atoms with Crippen LogP contribution in [0.5, 0.6) is 5.75 Å². The monoisotopic (exact) mass is 351 g/mol. The second-order valence-corrected chi connectivity index (χ2v) is 13.1. The Morgan fingerprint density at radius 3 is 1.88 bits per heavy atom. The van der Waals surface area contributed by atoms with Crippen molar-refractivity contribution in [2.24, 2.45) is 0 Å². The molecule has 0 radical (unpaired) electrons. The third kappa shape index (κ3) is 7.00. The second kappa shape index (κ2) is 9.27. The molecule has 0 unspecified atom stereocenters. The minimum absolute atomic E-state index is 0.115. The fraction of sp³-hybridized carbons (Fsp3) is 0.444. The molecule has 0 aliphatic carbocycles. The maximum atomic E-state index is 11.9. The molecule has 0 bridgehead atoms. The van der Waals surface area contributed by atoms with Crippen molar-refractivity contribution < 1.29 is 23.8 Å². The van der Waals surface area contributed by atoms with Crippen LogP contribution in [0, 0.1) is 0 Å². The molecule has 1 aromatic rings. The molecule has 0 amide bonds. The van der Waals surface area contributed by atoms with Gasteiger partial charge in [-0.15, -0.1) is 0 Å². The van der Waals surface area contributed by atoms with Gasteiger partial charge in [-0.05, 0) is 0 Å². The Labute approximate surface area is 144 Å². The fourth-order valence-corrected chi connectivity index (χ4v) is 2.48. The summed E-state index contributed by atoms with van der Waals surface area (Å²) in [4.78, 5) is 23.9. The van der Waals surface area contributed by atoms with E-state index in [2.05, 4.69) is 19.6 Å². The minimum atomic E-state index is -1.56. The molecule has 24 heavy (non-hydrogen) atoms. The van der Waals surface area contributed by atoms with Gasteiger partial charge in [0.2, 0.25) is 0 Å². The summed E-state index contributed by atoms with van der Waals surface area (Å²) < 4.78 is 15.6. The van der Waals surface area contributed by atoms with Crippen molar-refractivity contribution >= 4 is 26.1 Å². The zero-order valence-electron chi connectivity index (χ0n) is 15.1. The number of carbonyl (C=O) groups is 2. The second-order valence-electron chi connectivity index (χ2n) is 6.84. The van der Waals surface area contributed by atoms with Crippen molar-refractivity contribution in [1.82, 2.24) is 0 Å². The molecule has 0 aliphatic rings. The van der Waals surface area contributed by atoms with Crippen molar-refractivity contribution in [1.29, 1.82) is 0 Å². The quantitative estimate of drug-likeness (QED) is 0.237. The van der Waals surface area contributed by atoms with Gasteiger partial charge in [0.25, 0.3) is 0 Å². The molecule has 0 aromatic heterocycles. The summed E-state index contributed by atoms with van der Waals surface area (Å²) in [7, 11) is -1.56. The molecule has 0 spiro atoms. The van der Waals surface area contributed by atoms with E-state index in [1.54, 1.807) is 26.0 Å². The van der Waals surface area contributed by atoms with Crippen LogP contribution in [0.2, 0.25) is 19.6 Å². The van der Waals surface area contributed by atoms with Crippen LogP contribution in [0.25, 0.3) is 6.08 Å². The molecule has 0 N–H and O–H groups in total. The summed E-state index contributed by atoms with van der Waals surface area (Å²) >= 11 is 0. The van der Waals surface area contributed by atoms with Crippen LogP contribution < -0.4 is 4.74 Å². The Bertz CT molecular complexity index is 564. The molecule has 0 fully saturated rings. The number of carbonyl (C=O) groups excluding carboxylic acids is 2. The van der Waals surface area contributed by atoms with Crippen LogP contribution in [0.15, 0.2) is 29.8 Å². The molecule has 5 nitrogen and oxygen atoms in total. The molecule has 0 heterocycles. The van der Waals surface area contributed by atoms with Crippen LogP contribution in [-0.2, 0) is 19.1 Å². The topological polar surface area (TPSA) is 61.8 Å². The van der Waals surface area contributed by atoms with Crippen molar-refractivity contribution in [3.63, 3.8) is 0 Å². The molecule has 0 aliphatic heterocycles. The van der Waals surface area contributed by atoms with E-state index in [0.717, 1.165) is 12.0 Å². The summed E-state index contributed by atoms with van der Waals surface area (Å²) in [5, 5.41) is 0. The Morgan fingerprint density at radius 1 is 0.958 bits per heavy atom. The average Bonchev–Trinajstić information content (AvgIpc) is 2.51. The number of benzene rings is 1. The first-order valence-corrected chi connectivity index (χ1v) is 12.6. The van der Waals surface area contributed by atoms with Crippen LogP contribution in [0.4, 0.5) is 0 Å². The zero-order chi connectivity index (χ0) is 18.2. The number of hydrogen-bond donors (Lipinski definition) is 0. The molecule has 1 rings (SSSR count). The van der Waals surface area contributed by atoms with E-state index < -0.39 is 20.0 Å². The number of esters is 2. The van der Waals surface area contributed by atoms with Gasteiger partial charge in [-0.1, -0.05) is 0 Å². The van der Waals surface area contributed by atoms with Gasteiger partial charge in [-0.3, -0.25) is 0 Å². The van der Waals surface area contributed by atoms with E-state index >= 15 is 0 Å². The van der Waals surface area contributed by atoms with E-state index in [9.17, 15) is 9.59 Å². The van der Waals surface area contributed by atoms with Crippen LogP contribution in [0.1, 0.15) is 19.4 Å². The summed E-state index contributed by atoms with van der Waals surface area (Å²) in [6.07, 6.45) is 2.24. The Morgan fingerprint density at radius 2 is 1.46 bits per heavy atom. The molecule has 0 saturated carbocycles. The van der Waals surface area contributed by atoms with Gasteiger partial charge in [0.15, 0.2) is 0 Å². The molecular weight excluding hydrogens is 324 g/mol. The Hall–Kier alpha value is -2.08. The van der Waals surface area contributed by atoms with Crippen molar-refractivity contribution in [2.75, 3.05) is 19.4 Å². The number of ether oxygens (including phenoxy) is 3. The van der Waals surface area contributed by atoms with Gasteiger partial charge >= 0.3 is 144 Å². The molecule has 0 saturated heterocycles. The van der Waals surface area contributed by atoms with Gasteiger partial charge < -0.3 is 0 Å². The first kappa shape index (κ1) is 20.0. The van der Waals surface area contributed by atoms with Crippen molar-refractivity contribution in [3.05, 3.63) is 35.4 Å². The molecule has 1 aromatic carbocycles. The Kier molecular flexibility index (Phi) is 7.71. The first-order chi connectivity index (χ1) is 11.3. The van der Waals surface area contributed by atoms with Crippen LogP contribution in [0.3, 0.4) is 0 Å². The van der Waals surface area contributed by atoms with Crippen LogP contribution in [-0.4, -0.2) is 39.5 Å². The normalized spacial score (nSPS) is 11.4. The summed E-state index contributed by atoms with van der Waals surface area (Å²) in [5.74, 6) is -0.594. The standard InChI is InChI=1S/C18H27O5Si/c1-6-21-17(19)16(18(20)22-7-2)12-14-8-10-15(11-9-14)23-13-24(3,4)5/h8-12,24H,6-7,13H2,1-5H3/q-1. The summed E-state index contributed by atoms with van der Waals surface area (Å²) in [6.45, 7) is 10.5. The van der Waals surface area contributed by atoms with E-state index in [4.69, 9.17) is 14.2 Å². The SMILES string of the molecule is CCOC(=O)C(=Cc1ccc(OC[SiH-](C)(C)C)cc1)C(=O)OCC. The van der Waals surface area contributed by atoms with E-state index in [1.807, 2.05) is 12.1 Å². The molecule has 134 valence electrons. The van der Waals surface area contributed by atoms with Gasteiger partial charge in [0.05, 0.1) is 0 Å². The van der Waals surface area contributed by atoms with Crippen molar-refractivity contribution in [2.45, 2.75) is 33.5 Å². The first-order valence-electron chi connectivity index (χ1n) is 8.34. The Balaban J connectivity index is 2.93. The van der Waals surface area contributed by atoms with Crippen LogP contribution >= 0.6 is 0 Å². The zero-order valence-corrected chi connectivity index (χ0v) is 16.3. The maximum absolute atomic E-state index is 11.9. The molecular formula is C18H27O5Si-. The summed E-state index contributed by atoms with van der Waals surface area (Å²) in [6, 6.07) is 7.23. The number of hydrogen-bond acceptors (Lipinski definition) is 5. The average molecular weight is 351 g/mol.